The molecule has 1 unspecified atom stereocenters. The first-order valence-corrected chi connectivity index (χ1v) is 4.36. The average molecular weight is 214 g/mol. The maximum Gasteiger partial charge on any atom is 0.242 e. The predicted molar refractivity (Wildman–Crippen MR) is 54.6 cm³/mol. The standard InChI is InChI=1S/C8H14N4O3/c1-15-8-6(9)7(11-4-12-8)10-2-5(14)3-13/h4-5,13-14H,2-3,9H2,1H3,(H,10,11,12). The van der Waals surface area contributed by atoms with Crippen molar-refractivity contribution in [1.82, 2.24) is 9.97 Å². The number of ether oxygens (including phenoxy) is 1. The van der Waals surface area contributed by atoms with E-state index in [2.05, 4.69) is 15.3 Å². The Morgan fingerprint density at radius 1 is 1.60 bits per heavy atom. The summed E-state index contributed by atoms with van der Waals surface area (Å²) in [4.78, 5) is 7.67. The van der Waals surface area contributed by atoms with Crippen molar-refractivity contribution in [3.05, 3.63) is 6.33 Å². The van der Waals surface area contributed by atoms with Crippen LogP contribution < -0.4 is 15.8 Å². The van der Waals surface area contributed by atoms with Crippen LogP contribution in [0.15, 0.2) is 6.33 Å². The average Bonchev–Trinajstić information content (AvgIpc) is 2.27. The van der Waals surface area contributed by atoms with E-state index in [0.29, 0.717) is 5.82 Å². The predicted octanol–water partition coefficient (Wildman–Crippen LogP) is -1.17. The molecule has 1 rings (SSSR count). The molecule has 1 aromatic heterocycles. The molecular formula is C8H14N4O3. The SMILES string of the molecule is COc1ncnc(NCC(O)CO)c1N. The number of methoxy groups -OCH3 is 1. The number of nitrogens with zero attached hydrogens (tertiary/aromatic N) is 2. The van der Waals surface area contributed by atoms with Gasteiger partial charge < -0.3 is 26.0 Å². The molecule has 0 amide bonds. The zero-order chi connectivity index (χ0) is 11.3. The van der Waals surface area contributed by atoms with Crippen LogP contribution in [0.2, 0.25) is 0 Å². The minimum atomic E-state index is -0.856. The van der Waals surface area contributed by atoms with Crippen molar-refractivity contribution in [2.24, 2.45) is 0 Å². The monoisotopic (exact) mass is 214 g/mol. The third-order valence-corrected chi connectivity index (χ3v) is 1.76. The van der Waals surface area contributed by atoms with E-state index in [9.17, 15) is 0 Å². The number of nitrogens with two attached hydrogens (primary N) is 1. The van der Waals surface area contributed by atoms with Gasteiger partial charge in [-0.2, -0.15) is 4.98 Å². The third kappa shape index (κ3) is 2.93. The highest BCUT2D eigenvalue weighted by atomic mass is 16.5. The van der Waals surface area contributed by atoms with Gasteiger partial charge >= 0.3 is 0 Å². The molecule has 0 radical (unpaired) electrons. The van der Waals surface area contributed by atoms with Crippen molar-refractivity contribution in [2.45, 2.75) is 6.10 Å². The molecule has 0 spiro atoms. The van der Waals surface area contributed by atoms with Gasteiger partial charge in [-0.25, -0.2) is 4.98 Å². The van der Waals surface area contributed by atoms with E-state index in [4.69, 9.17) is 20.7 Å². The highest BCUT2D eigenvalue weighted by Gasteiger charge is 2.09. The smallest absolute Gasteiger partial charge is 0.242 e. The fraction of sp³-hybridized carbons (Fsp3) is 0.500. The first-order valence-electron chi connectivity index (χ1n) is 4.36. The minimum absolute atomic E-state index is 0.154. The number of aromatic nitrogens is 2. The zero-order valence-corrected chi connectivity index (χ0v) is 8.34. The van der Waals surface area contributed by atoms with Crippen LogP contribution in [0.5, 0.6) is 5.88 Å². The van der Waals surface area contributed by atoms with Crippen LogP contribution in [0.4, 0.5) is 11.5 Å². The van der Waals surface area contributed by atoms with E-state index in [-0.39, 0.29) is 24.7 Å². The third-order valence-electron chi connectivity index (χ3n) is 1.76. The molecule has 15 heavy (non-hydrogen) atoms. The van der Waals surface area contributed by atoms with Gasteiger partial charge in [-0.15, -0.1) is 0 Å². The van der Waals surface area contributed by atoms with Gasteiger partial charge in [0.25, 0.3) is 0 Å². The van der Waals surface area contributed by atoms with Gasteiger partial charge in [0.2, 0.25) is 5.88 Å². The lowest BCUT2D eigenvalue weighted by Gasteiger charge is -2.12. The molecule has 1 heterocycles. The fourth-order valence-corrected chi connectivity index (χ4v) is 0.962. The van der Waals surface area contributed by atoms with Crippen LogP contribution in [-0.4, -0.2) is 46.5 Å². The normalized spacial score (nSPS) is 12.2. The van der Waals surface area contributed by atoms with Crippen molar-refractivity contribution >= 4 is 11.5 Å². The van der Waals surface area contributed by atoms with Crippen LogP contribution in [0.25, 0.3) is 0 Å². The van der Waals surface area contributed by atoms with Crippen molar-refractivity contribution in [1.29, 1.82) is 0 Å². The summed E-state index contributed by atoms with van der Waals surface area (Å²) in [5.41, 5.74) is 5.93. The van der Waals surface area contributed by atoms with Gasteiger partial charge in [0.15, 0.2) is 5.82 Å². The van der Waals surface area contributed by atoms with Gasteiger partial charge in [-0.3, -0.25) is 0 Å². The first kappa shape index (κ1) is 11.5. The molecule has 0 aromatic carbocycles. The number of nitrogens with one attached hydrogen (secondary N) is 1. The lowest BCUT2D eigenvalue weighted by atomic mass is 10.3. The van der Waals surface area contributed by atoms with Gasteiger partial charge in [0.1, 0.15) is 12.0 Å². The Morgan fingerprint density at radius 2 is 2.33 bits per heavy atom. The highest BCUT2D eigenvalue weighted by molar-refractivity contribution is 5.66. The molecule has 0 aliphatic carbocycles. The minimum Gasteiger partial charge on any atom is -0.479 e. The number of rotatable bonds is 5. The molecule has 0 bridgehead atoms. The maximum atomic E-state index is 9.11. The lowest BCUT2D eigenvalue weighted by molar-refractivity contribution is 0.105. The van der Waals surface area contributed by atoms with Gasteiger partial charge in [-0.1, -0.05) is 0 Å². The number of hydrogen-bond donors (Lipinski definition) is 4. The summed E-state index contributed by atoms with van der Waals surface area (Å²) >= 11 is 0. The van der Waals surface area contributed by atoms with Gasteiger partial charge in [-0.05, 0) is 0 Å². The fourth-order valence-electron chi connectivity index (χ4n) is 0.962. The van der Waals surface area contributed by atoms with Crippen molar-refractivity contribution in [3.63, 3.8) is 0 Å². The maximum absolute atomic E-state index is 9.11. The van der Waals surface area contributed by atoms with Gasteiger partial charge in [0, 0.05) is 6.54 Å². The molecule has 7 nitrogen and oxygen atoms in total. The van der Waals surface area contributed by atoms with Crippen molar-refractivity contribution in [2.75, 3.05) is 31.3 Å². The Hall–Kier alpha value is -1.60. The molecule has 0 aliphatic rings. The molecule has 5 N–H and O–H groups in total. The zero-order valence-electron chi connectivity index (χ0n) is 8.34. The Morgan fingerprint density at radius 3 is 2.93 bits per heavy atom. The quantitative estimate of drug-likeness (QED) is 0.488. The molecule has 1 aromatic rings. The van der Waals surface area contributed by atoms with E-state index in [1.54, 1.807) is 0 Å². The lowest BCUT2D eigenvalue weighted by Crippen LogP contribution is -2.23. The summed E-state index contributed by atoms with van der Waals surface area (Å²) in [6.07, 6.45) is 0.438. The molecule has 0 aliphatic heterocycles. The van der Waals surface area contributed by atoms with Gasteiger partial charge in [0.05, 0.1) is 19.8 Å². The Kier molecular flexibility index (Phi) is 4.07. The summed E-state index contributed by atoms with van der Waals surface area (Å²) in [6, 6.07) is 0. The molecule has 84 valence electrons. The number of anilines is 2. The number of aliphatic hydroxyl groups excluding tert-OH is 2. The van der Waals surface area contributed by atoms with E-state index >= 15 is 0 Å². The Labute approximate surface area is 86.9 Å². The number of hydrogen-bond acceptors (Lipinski definition) is 7. The molecule has 0 saturated heterocycles. The number of aliphatic hydroxyl groups is 2. The second-order valence-corrected chi connectivity index (χ2v) is 2.86. The summed E-state index contributed by atoms with van der Waals surface area (Å²) in [5, 5.41) is 20.5. The summed E-state index contributed by atoms with van der Waals surface area (Å²) in [5.74, 6) is 0.639. The van der Waals surface area contributed by atoms with Crippen LogP contribution >= 0.6 is 0 Å². The molecule has 1 atom stereocenters. The topological polar surface area (TPSA) is 114 Å². The molecular weight excluding hydrogens is 200 g/mol. The summed E-state index contributed by atoms with van der Waals surface area (Å²) in [6.45, 7) is -0.171. The van der Waals surface area contributed by atoms with Crippen molar-refractivity contribution < 1.29 is 14.9 Å². The van der Waals surface area contributed by atoms with Crippen LogP contribution in [0.3, 0.4) is 0 Å². The van der Waals surface area contributed by atoms with Crippen LogP contribution in [0, 0.1) is 0 Å². The first-order chi connectivity index (χ1) is 7.19. The number of nitrogen functional groups attached to an aromatic ring is 1. The summed E-state index contributed by atoms with van der Waals surface area (Å²) in [7, 11) is 1.45. The van der Waals surface area contributed by atoms with E-state index in [1.807, 2.05) is 0 Å². The summed E-state index contributed by atoms with van der Waals surface area (Å²) < 4.78 is 4.89. The molecule has 7 heteroatoms. The highest BCUT2D eigenvalue weighted by Crippen LogP contribution is 2.23. The van der Waals surface area contributed by atoms with E-state index < -0.39 is 6.10 Å². The van der Waals surface area contributed by atoms with E-state index in [1.165, 1.54) is 13.4 Å². The van der Waals surface area contributed by atoms with E-state index in [0.717, 1.165) is 0 Å². The largest absolute Gasteiger partial charge is 0.479 e. The Balaban J connectivity index is 2.68. The molecule has 0 fully saturated rings. The second kappa shape index (κ2) is 5.32. The second-order valence-electron chi connectivity index (χ2n) is 2.86. The van der Waals surface area contributed by atoms with Crippen LogP contribution in [0.1, 0.15) is 0 Å². The molecule has 0 saturated carbocycles. The van der Waals surface area contributed by atoms with Crippen molar-refractivity contribution in [3.8, 4) is 5.88 Å². The van der Waals surface area contributed by atoms with Crippen LogP contribution in [-0.2, 0) is 0 Å². The Bertz CT molecular complexity index is 321.